The molecule has 1 nitrogen and oxygen atoms in total. The molecule has 0 aliphatic rings. The van der Waals surface area contributed by atoms with Crippen molar-refractivity contribution >= 4 is 22.6 Å². The average Bonchev–Trinajstić information content (AvgIpc) is 1.64. The van der Waals surface area contributed by atoms with Crippen molar-refractivity contribution in [1.29, 1.82) is 0 Å². The lowest BCUT2D eigenvalue weighted by Gasteiger charge is -2.11. The van der Waals surface area contributed by atoms with Gasteiger partial charge in [0, 0.05) is 14.1 Å². The zero-order valence-electron chi connectivity index (χ0n) is 5.83. The van der Waals surface area contributed by atoms with Crippen LogP contribution < -0.4 is 0 Å². The molecule has 0 spiro atoms. The Morgan fingerprint density at radius 1 is 1.25 bits per heavy atom. The van der Waals surface area contributed by atoms with Gasteiger partial charge in [0.05, 0.1) is 3.70 Å². The molecular weight excluding hydrogens is 213 g/mol. The fourth-order valence-electron chi connectivity index (χ4n) is 0.447. The molecule has 0 saturated heterocycles. The Bertz CT molecular complexity index is 101. The first kappa shape index (κ1) is 8.27. The highest BCUT2D eigenvalue weighted by atomic mass is 127. The van der Waals surface area contributed by atoms with Gasteiger partial charge in [-0.3, -0.25) is 0 Å². The first-order valence-electron chi connectivity index (χ1n) is 2.56. The number of rotatable bonds is 1. The van der Waals surface area contributed by atoms with Crippen molar-refractivity contribution in [3.63, 3.8) is 0 Å². The summed E-state index contributed by atoms with van der Waals surface area (Å²) in [6.07, 6.45) is 0. The second kappa shape index (κ2) is 3.33. The van der Waals surface area contributed by atoms with Gasteiger partial charge in [0.15, 0.2) is 0 Å². The van der Waals surface area contributed by atoms with Crippen LogP contribution in [0.15, 0.2) is 9.28 Å². The van der Waals surface area contributed by atoms with Crippen LogP contribution in [0.4, 0.5) is 0 Å². The first-order valence-corrected chi connectivity index (χ1v) is 3.64. The Hall–Kier alpha value is 0.270. The van der Waals surface area contributed by atoms with Crippen molar-refractivity contribution in [1.82, 2.24) is 4.90 Å². The van der Waals surface area contributed by atoms with Crippen LogP contribution in [0.1, 0.15) is 13.8 Å². The lowest BCUT2D eigenvalue weighted by molar-refractivity contribution is 0.551. The van der Waals surface area contributed by atoms with Gasteiger partial charge in [-0.25, -0.2) is 0 Å². The molecule has 0 amide bonds. The smallest absolute Gasteiger partial charge is 0.0738 e. The van der Waals surface area contributed by atoms with Crippen molar-refractivity contribution in [2.24, 2.45) is 0 Å². The Kier molecular flexibility index (Phi) is 3.44. The summed E-state index contributed by atoms with van der Waals surface area (Å²) in [7, 11) is 4.10. The Balaban J connectivity index is 4.00. The van der Waals surface area contributed by atoms with Gasteiger partial charge in [-0.15, -0.1) is 0 Å². The Morgan fingerprint density at radius 3 is 1.62 bits per heavy atom. The first-order chi connectivity index (χ1) is 3.55. The van der Waals surface area contributed by atoms with Gasteiger partial charge in [0.1, 0.15) is 0 Å². The number of nitrogens with zero attached hydrogens (tertiary/aromatic N) is 1. The second-order valence-corrected chi connectivity index (χ2v) is 3.21. The Labute approximate surface area is 64.9 Å². The highest BCUT2D eigenvalue weighted by Gasteiger charge is 1.92. The van der Waals surface area contributed by atoms with Crippen molar-refractivity contribution in [2.45, 2.75) is 13.8 Å². The van der Waals surface area contributed by atoms with Crippen molar-refractivity contribution in [3.05, 3.63) is 9.28 Å². The lowest BCUT2D eigenvalue weighted by Crippen LogP contribution is -2.06. The predicted octanol–water partition coefficient (Wildman–Crippen LogP) is 2.23. The molecule has 0 aromatic rings. The van der Waals surface area contributed by atoms with E-state index < -0.39 is 0 Å². The number of halogens is 1. The second-order valence-electron chi connectivity index (χ2n) is 2.19. The maximum Gasteiger partial charge on any atom is 0.0738 e. The third-order valence-corrected chi connectivity index (χ3v) is 2.85. The minimum Gasteiger partial charge on any atom is -0.373 e. The van der Waals surface area contributed by atoms with Gasteiger partial charge in [-0.2, -0.15) is 0 Å². The van der Waals surface area contributed by atoms with Gasteiger partial charge >= 0.3 is 0 Å². The van der Waals surface area contributed by atoms with Gasteiger partial charge < -0.3 is 4.90 Å². The van der Waals surface area contributed by atoms with Crippen LogP contribution in [0.2, 0.25) is 0 Å². The fraction of sp³-hybridized carbons (Fsp3) is 0.667. The summed E-state index contributed by atoms with van der Waals surface area (Å²) in [4.78, 5) is 2.11. The zero-order valence-corrected chi connectivity index (χ0v) is 7.98. The summed E-state index contributed by atoms with van der Waals surface area (Å²) >= 11 is 2.33. The van der Waals surface area contributed by atoms with Gasteiger partial charge in [-0.05, 0) is 42.0 Å². The summed E-state index contributed by atoms with van der Waals surface area (Å²) in [5.74, 6) is 0. The molecule has 8 heavy (non-hydrogen) atoms. The van der Waals surface area contributed by atoms with E-state index in [1.54, 1.807) is 0 Å². The summed E-state index contributed by atoms with van der Waals surface area (Å²) in [5.41, 5.74) is 1.37. The molecule has 0 aliphatic carbocycles. The van der Waals surface area contributed by atoms with E-state index in [9.17, 15) is 0 Å². The molecule has 0 heterocycles. The highest BCUT2D eigenvalue weighted by Crippen LogP contribution is 2.12. The van der Waals surface area contributed by atoms with Gasteiger partial charge in [0.25, 0.3) is 0 Å². The summed E-state index contributed by atoms with van der Waals surface area (Å²) in [6.45, 7) is 4.23. The maximum atomic E-state index is 2.33. The van der Waals surface area contributed by atoms with Crippen LogP contribution in [0.5, 0.6) is 0 Å². The largest absolute Gasteiger partial charge is 0.373 e. The molecule has 0 bridgehead atoms. The SMILES string of the molecule is CC(C)=C(I)N(C)C. The maximum absolute atomic E-state index is 2.33. The van der Waals surface area contributed by atoms with E-state index in [0.717, 1.165) is 0 Å². The standard InChI is InChI=1S/C6H12IN/c1-5(2)6(7)8(3)4/h1-4H3. The molecular formula is C6H12IN. The fourth-order valence-corrected chi connectivity index (χ4v) is 0.447. The van der Waals surface area contributed by atoms with Gasteiger partial charge in [-0.1, -0.05) is 0 Å². The number of allylic oxidation sites excluding steroid dienone is 1. The average molecular weight is 225 g/mol. The monoisotopic (exact) mass is 225 g/mol. The number of hydrogen-bond donors (Lipinski definition) is 0. The highest BCUT2D eigenvalue weighted by molar-refractivity contribution is 14.1. The van der Waals surface area contributed by atoms with Crippen molar-refractivity contribution in [2.75, 3.05) is 14.1 Å². The minimum absolute atomic E-state index is 1.32. The topological polar surface area (TPSA) is 3.24 Å². The molecule has 0 N–H and O–H groups in total. The van der Waals surface area contributed by atoms with E-state index in [-0.39, 0.29) is 0 Å². The normalized spacial score (nSPS) is 8.62. The summed E-state index contributed by atoms with van der Waals surface area (Å²) in [5, 5.41) is 0. The third-order valence-electron chi connectivity index (χ3n) is 0.805. The molecule has 0 fully saturated rings. The van der Waals surface area contributed by atoms with Crippen LogP contribution in [-0.4, -0.2) is 19.0 Å². The lowest BCUT2D eigenvalue weighted by atomic mass is 10.4. The molecule has 0 aliphatic heterocycles. The van der Waals surface area contributed by atoms with Crippen molar-refractivity contribution < 1.29 is 0 Å². The van der Waals surface area contributed by atoms with E-state index in [2.05, 4.69) is 55.4 Å². The predicted molar refractivity (Wildman–Crippen MR) is 46.1 cm³/mol. The van der Waals surface area contributed by atoms with E-state index >= 15 is 0 Å². The Morgan fingerprint density at radius 2 is 1.62 bits per heavy atom. The quantitative estimate of drug-likeness (QED) is 0.488. The summed E-state index contributed by atoms with van der Waals surface area (Å²) in [6, 6.07) is 0. The third kappa shape index (κ3) is 2.55. The zero-order chi connectivity index (χ0) is 6.73. The molecule has 0 aromatic carbocycles. The number of hydrogen-bond acceptors (Lipinski definition) is 1. The molecule has 0 atom stereocenters. The van der Waals surface area contributed by atoms with Crippen LogP contribution in [0.25, 0.3) is 0 Å². The minimum atomic E-state index is 1.32. The summed E-state index contributed by atoms with van der Waals surface area (Å²) < 4.78 is 1.32. The van der Waals surface area contributed by atoms with E-state index in [4.69, 9.17) is 0 Å². The van der Waals surface area contributed by atoms with Crippen LogP contribution in [-0.2, 0) is 0 Å². The molecule has 2 heteroatoms. The molecule has 0 unspecified atom stereocenters. The van der Waals surface area contributed by atoms with E-state index in [1.807, 2.05) is 0 Å². The molecule has 0 rings (SSSR count). The molecule has 0 saturated carbocycles. The van der Waals surface area contributed by atoms with Crippen molar-refractivity contribution in [3.8, 4) is 0 Å². The van der Waals surface area contributed by atoms with E-state index in [1.165, 1.54) is 9.28 Å². The van der Waals surface area contributed by atoms with Crippen LogP contribution in [0.3, 0.4) is 0 Å². The molecule has 0 radical (unpaired) electrons. The molecule has 48 valence electrons. The van der Waals surface area contributed by atoms with Gasteiger partial charge in [0.2, 0.25) is 0 Å². The van der Waals surface area contributed by atoms with Crippen LogP contribution in [0, 0.1) is 0 Å². The van der Waals surface area contributed by atoms with E-state index in [0.29, 0.717) is 0 Å². The van der Waals surface area contributed by atoms with Crippen LogP contribution >= 0.6 is 22.6 Å². The molecule has 0 aromatic heterocycles.